The molecular formula is C18H20N2O3S2. The summed E-state index contributed by atoms with van der Waals surface area (Å²) in [5.41, 5.74) is 1.14. The van der Waals surface area contributed by atoms with Crippen LogP contribution in [-0.2, 0) is 30.7 Å². The summed E-state index contributed by atoms with van der Waals surface area (Å²) < 4.78 is 7.06. The molecule has 0 unspecified atom stereocenters. The van der Waals surface area contributed by atoms with E-state index in [0.29, 0.717) is 6.61 Å². The molecule has 0 bridgehead atoms. The van der Waals surface area contributed by atoms with E-state index in [-0.39, 0.29) is 18.7 Å². The molecule has 3 aromatic heterocycles. The van der Waals surface area contributed by atoms with Crippen LogP contribution in [0.2, 0.25) is 0 Å². The minimum Gasteiger partial charge on any atom is -0.389 e. The molecule has 5 nitrogen and oxygen atoms in total. The molecule has 0 spiro atoms. The molecule has 25 heavy (non-hydrogen) atoms. The number of thiophene rings is 2. The van der Waals surface area contributed by atoms with Crippen molar-refractivity contribution < 1.29 is 9.84 Å². The molecule has 0 fully saturated rings. The fraction of sp³-hybridized carbons (Fsp3) is 0.444. The summed E-state index contributed by atoms with van der Waals surface area (Å²) in [5.74, 6) is 0. The van der Waals surface area contributed by atoms with Gasteiger partial charge in [-0.05, 0) is 42.7 Å². The zero-order chi connectivity index (χ0) is 17.2. The molecule has 1 aliphatic carbocycles. The number of nitrogens with zero attached hydrogens (tertiary/aromatic N) is 2. The van der Waals surface area contributed by atoms with Crippen LogP contribution >= 0.6 is 22.7 Å². The van der Waals surface area contributed by atoms with Crippen LogP contribution in [0.3, 0.4) is 0 Å². The monoisotopic (exact) mass is 376 g/mol. The first-order valence-electron chi connectivity index (χ1n) is 8.50. The van der Waals surface area contributed by atoms with Gasteiger partial charge in [-0.1, -0.05) is 6.07 Å². The smallest absolute Gasteiger partial charge is 0.262 e. The maximum absolute atomic E-state index is 12.8. The van der Waals surface area contributed by atoms with Gasteiger partial charge in [0.05, 0.1) is 37.6 Å². The Morgan fingerprint density at radius 1 is 1.36 bits per heavy atom. The second-order valence-corrected chi connectivity index (χ2v) is 8.46. The van der Waals surface area contributed by atoms with E-state index in [1.807, 2.05) is 17.5 Å². The third-order valence-corrected chi connectivity index (χ3v) is 6.53. The third kappa shape index (κ3) is 3.55. The van der Waals surface area contributed by atoms with Crippen molar-refractivity contribution in [3.63, 3.8) is 0 Å². The lowest BCUT2D eigenvalue weighted by molar-refractivity contribution is 0.0207. The number of ether oxygens (including phenoxy) is 1. The van der Waals surface area contributed by atoms with E-state index in [2.05, 4.69) is 4.98 Å². The number of fused-ring (bicyclic) bond motifs is 3. The van der Waals surface area contributed by atoms with Crippen molar-refractivity contribution in [3.05, 3.63) is 49.5 Å². The summed E-state index contributed by atoms with van der Waals surface area (Å²) in [6.45, 7) is 0.889. The highest BCUT2D eigenvalue weighted by Gasteiger charge is 2.20. The normalized spacial score (nSPS) is 15.4. The van der Waals surface area contributed by atoms with Gasteiger partial charge in [-0.2, -0.15) is 0 Å². The number of aryl methyl sites for hydroxylation is 2. The highest BCUT2D eigenvalue weighted by molar-refractivity contribution is 7.18. The SMILES string of the molecule is O=c1c2c3c(sc2ncn1C[C@@H](O)COCc1cccs1)CCCC3. The van der Waals surface area contributed by atoms with E-state index in [1.54, 1.807) is 29.0 Å². The van der Waals surface area contributed by atoms with Gasteiger partial charge >= 0.3 is 0 Å². The van der Waals surface area contributed by atoms with Gasteiger partial charge < -0.3 is 9.84 Å². The van der Waals surface area contributed by atoms with Gasteiger partial charge in [-0.15, -0.1) is 22.7 Å². The van der Waals surface area contributed by atoms with Gasteiger partial charge in [-0.25, -0.2) is 4.98 Å². The maximum Gasteiger partial charge on any atom is 0.262 e. The molecule has 1 aliphatic rings. The molecule has 0 saturated carbocycles. The summed E-state index contributed by atoms with van der Waals surface area (Å²) >= 11 is 3.27. The molecule has 0 radical (unpaired) electrons. The predicted molar refractivity (Wildman–Crippen MR) is 101 cm³/mol. The molecule has 132 valence electrons. The Morgan fingerprint density at radius 2 is 2.24 bits per heavy atom. The molecule has 3 aromatic rings. The average molecular weight is 377 g/mol. The van der Waals surface area contributed by atoms with Gasteiger partial charge in [0.2, 0.25) is 0 Å². The van der Waals surface area contributed by atoms with Gasteiger partial charge in [0.15, 0.2) is 0 Å². The molecule has 0 aliphatic heterocycles. The molecule has 4 rings (SSSR count). The number of rotatable bonds is 6. The standard InChI is InChI=1S/C18H20N2O3S2/c21-12(9-23-10-13-4-3-7-24-13)8-20-11-19-17-16(18(20)22)14-5-1-2-6-15(14)25-17/h3-4,7,11-12,21H,1-2,5-6,8-10H2/t12-/m1/s1. The molecule has 3 heterocycles. The quantitative estimate of drug-likeness (QED) is 0.718. The van der Waals surface area contributed by atoms with Crippen molar-refractivity contribution in [3.8, 4) is 0 Å². The Hall–Kier alpha value is -1.54. The van der Waals surface area contributed by atoms with Gasteiger partial charge in [0, 0.05) is 9.75 Å². The topological polar surface area (TPSA) is 64.4 Å². The average Bonchev–Trinajstić information content (AvgIpc) is 3.24. The number of hydrogen-bond acceptors (Lipinski definition) is 6. The second-order valence-electron chi connectivity index (χ2n) is 6.34. The van der Waals surface area contributed by atoms with Gasteiger partial charge in [0.25, 0.3) is 5.56 Å². The van der Waals surface area contributed by atoms with E-state index >= 15 is 0 Å². The zero-order valence-electron chi connectivity index (χ0n) is 13.8. The van der Waals surface area contributed by atoms with Gasteiger partial charge in [-0.3, -0.25) is 9.36 Å². The maximum atomic E-state index is 12.8. The van der Waals surface area contributed by atoms with Crippen LogP contribution in [0.15, 0.2) is 28.6 Å². The van der Waals surface area contributed by atoms with Crippen LogP contribution < -0.4 is 5.56 Å². The van der Waals surface area contributed by atoms with E-state index in [9.17, 15) is 9.90 Å². The lowest BCUT2D eigenvalue weighted by atomic mass is 9.97. The highest BCUT2D eigenvalue weighted by atomic mass is 32.1. The Morgan fingerprint density at radius 3 is 3.08 bits per heavy atom. The van der Waals surface area contributed by atoms with Crippen LogP contribution in [-0.4, -0.2) is 27.4 Å². The summed E-state index contributed by atoms with van der Waals surface area (Å²) in [4.78, 5) is 20.6. The zero-order valence-corrected chi connectivity index (χ0v) is 15.4. The number of hydrogen-bond donors (Lipinski definition) is 1. The molecule has 7 heteroatoms. The number of aliphatic hydroxyl groups excluding tert-OH is 1. The Bertz CT molecular complexity index is 914. The predicted octanol–water partition coefficient (Wildman–Crippen LogP) is 2.98. The van der Waals surface area contributed by atoms with E-state index < -0.39 is 6.10 Å². The highest BCUT2D eigenvalue weighted by Crippen LogP contribution is 2.33. The van der Waals surface area contributed by atoms with Crippen molar-refractivity contribution in [1.29, 1.82) is 0 Å². The lowest BCUT2D eigenvalue weighted by Gasteiger charge is -2.13. The summed E-state index contributed by atoms with van der Waals surface area (Å²) in [7, 11) is 0. The minimum absolute atomic E-state index is 0.0401. The molecule has 0 aromatic carbocycles. The second kappa shape index (κ2) is 7.37. The largest absolute Gasteiger partial charge is 0.389 e. The molecule has 0 saturated heterocycles. The van der Waals surface area contributed by atoms with E-state index in [1.165, 1.54) is 21.4 Å². The van der Waals surface area contributed by atoms with Crippen molar-refractivity contribution in [1.82, 2.24) is 9.55 Å². The fourth-order valence-electron chi connectivity index (χ4n) is 3.28. The first-order chi connectivity index (χ1) is 12.2. The minimum atomic E-state index is -0.730. The number of aliphatic hydroxyl groups is 1. The third-order valence-electron chi connectivity index (χ3n) is 4.48. The Kier molecular flexibility index (Phi) is 4.98. The van der Waals surface area contributed by atoms with Crippen molar-refractivity contribution >= 4 is 32.9 Å². The Labute approximate surface area is 153 Å². The van der Waals surface area contributed by atoms with Crippen molar-refractivity contribution in [2.75, 3.05) is 6.61 Å². The number of aromatic nitrogens is 2. The summed E-state index contributed by atoms with van der Waals surface area (Å²) in [6.07, 6.45) is 5.15. The van der Waals surface area contributed by atoms with Crippen LogP contribution in [0.5, 0.6) is 0 Å². The van der Waals surface area contributed by atoms with Crippen LogP contribution in [0.25, 0.3) is 10.2 Å². The first kappa shape index (κ1) is 16.9. The first-order valence-corrected chi connectivity index (χ1v) is 10.2. The van der Waals surface area contributed by atoms with Crippen LogP contribution in [0, 0.1) is 0 Å². The van der Waals surface area contributed by atoms with Crippen molar-refractivity contribution in [2.45, 2.75) is 44.9 Å². The van der Waals surface area contributed by atoms with Crippen LogP contribution in [0.1, 0.15) is 28.2 Å². The van der Waals surface area contributed by atoms with Gasteiger partial charge in [0.1, 0.15) is 4.83 Å². The Balaban J connectivity index is 1.47. The van der Waals surface area contributed by atoms with Crippen molar-refractivity contribution in [2.24, 2.45) is 0 Å². The molecular weight excluding hydrogens is 356 g/mol. The molecule has 1 atom stereocenters. The summed E-state index contributed by atoms with van der Waals surface area (Å²) in [5, 5.41) is 13.0. The van der Waals surface area contributed by atoms with E-state index in [4.69, 9.17) is 4.74 Å². The molecule has 1 N–H and O–H groups in total. The van der Waals surface area contributed by atoms with E-state index in [0.717, 1.165) is 34.4 Å². The fourth-order valence-corrected chi connectivity index (χ4v) is 5.14. The lowest BCUT2D eigenvalue weighted by Crippen LogP contribution is -2.29. The molecule has 0 amide bonds. The van der Waals surface area contributed by atoms with Crippen LogP contribution in [0.4, 0.5) is 0 Å². The summed E-state index contributed by atoms with van der Waals surface area (Å²) in [6, 6.07) is 3.97.